The molecule has 1 amide bonds. The van der Waals surface area contributed by atoms with Crippen LogP contribution in [0.4, 0.5) is 5.95 Å². The lowest BCUT2D eigenvalue weighted by Gasteiger charge is -2.33. The van der Waals surface area contributed by atoms with Gasteiger partial charge in [0.2, 0.25) is 11.9 Å². The predicted molar refractivity (Wildman–Crippen MR) is 106 cm³/mol. The number of benzene rings is 1. The predicted octanol–water partition coefficient (Wildman–Crippen LogP) is 1.41. The second-order valence-corrected chi connectivity index (χ2v) is 7.60. The van der Waals surface area contributed by atoms with Crippen LogP contribution in [-0.2, 0) is 11.3 Å². The molecule has 3 aliphatic heterocycles. The van der Waals surface area contributed by atoms with Crippen molar-refractivity contribution in [3.8, 4) is 5.69 Å². The van der Waals surface area contributed by atoms with Crippen LogP contribution in [0.5, 0.6) is 0 Å². The van der Waals surface area contributed by atoms with Crippen molar-refractivity contribution in [2.24, 2.45) is 4.99 Å². The Morgan fingerprint density at radius 2 is 1.79 bits per heavy atom. The monoisotopic (exact) mass is 380 g/mol. The standard InChI is InChI=1S/C20H24N6O2/c27-17(23-11-5-1-2-6-12-23)14-25-20(28)26-16-9-4-3-8-15(16)18-21-10-7-13-24(18)19(26)22-25/h3-4,8-9H,1-2,5-7,10-14H2. The first kappa shape index (κ1) is 17.2. The molecule has 1 aromatic heterocycles. The van der Waals surface area contributed by atoms with Gasteiger partial charge in [0.05, 0.1) is 5.69 Å². The molecule has 0 atom stereocenters. The van der Waals surface area contributed by atoms with E-state index in [2.05, 4.69) is 10.1 Å². The van der Waals surface area contributed by atoms with Crippen molar-refractivity contribution < 1.29 is 4.79 Å². The van der Waals surface area contributed by atoms with Gasteiger partial charge in [-0.15, -0.1) is 5.10 Å². The highest BCUT2D eigenvalue weighted by molar-refractivity contribution is 6.13. The van der Waals surface area contributed by atoms with Gasteiger partial charge >= 0.3 is 5.69 Å². The van der Waals surface area contributed by atoms with Crippen molar-refractivity contribution in [3.05, 3.63) is 40.3 Å². The largest absolute Gasteiger partial charge is 0.352 e. The Morgan fingerprint density at radius 1 is 1.00 bits per heavy atom. The molecule has 146 valence electrons. The van der Waals surface area contributed by atoms with E-state index in [9.17, 15) is 9.59 Å². The number of anilines is 1. The lowest BCUT2D eigenvalue weighted by Crippen LogP contribution is -2.43. The number of carbonyl (C=O) groups is 1. The number of hydrogen-bond acceptors (Lipinski definition) is 5. The second kappa shape index (κ2) is 6.92. The lowest BCUT2D eigenvalue weighted by atomic mass is 10.1. The average Bonchev–Trinajstić information content (AvgIpc) is 2.90. The summed E-state index contributed by atoms with van der Waals surface area (Å²) in [7, 11) is 0. The highest BCUT2D eigenvalue weighted by atomic mass is 16.2. The number of fused-ring (bicyclic) bond motifs is 6. The Kier molecular flexibility index (Phi) is 4.26. The van der Waals surface area contributed by atoms with E-state index < -0.39 is 0 Å². The summed E-state index contributed by atoms with van der Waals surface area (Å²) in [6, 6.07) is 7.77. The molecule has 1 saturated heterocycles. The molecule has 8 heteroatoms. The van der Waals surface area contributed by atoms with Crippen LogP contribution in [0.2, 0.25) is 0 Å². The molecule has 4 heterocycles. The SMILES string of the molecule is O=C(Cn1nc2n(c1=O)-c1ccccc1C1=NCCCN12)N1CCCCCC1. The van der Waals surface area contributed by atoms with E-state index in [1.54, 1.807) is 4.57 Å². The number of amidine groups is 1. The third-order valence-corrected chi connectivity index (χ3v) is 5.75. The van der Waals surface area contributed by atoms with Gasteiger partial charge in [0.1, 0.15) is 12.4 Å². The number of likely N-dealkylation sites (tertiary alicyclic amines) is 1. The topological polar surface area (TPSA) is 75.7 Å². The minimum atomic E-state index is -0.268. The van der Waals surface area contributed by atoms with E-state index in [4.69, 9.17) is 0 Å². The molecule has 0 spiro atoms. The van der Waals surface area contributed by atoms with Gasteiger partial charge < -0.3 is 4.90 Å². The second-order valence-electron chi connectivity index (χ2n) is 7.60. The fourth-order valence-corrected chi connectivity index (χ4v) is 4.32. The molecule has 0 saturated carbocycles. The number of hydrogen-bond donors (Lipinski definition) is 0. The molecule has 0 radical (unpaired) electrons. The van der Waals surface area contributed by atoms with Crippen LogP contribution in [0.1, 0.15) is 37.7 Å². The molecule has 8 nitrogen and oxygen atoms in total. The van der Waals surface area contributed by atoms with E-state index in [1.807, 2.05) is 34.1 Å². The summed E-state index contributed by atoms with van der Waals surface area (Å²) in [4.78, 5) is 34.5. The minimum absolute atomic E-state index is 0.0126. The maximum absolute atomic E-state index is 13.2. The molecular formula is C20H24N6O2. The number of nitrogens with zero attached hydrogens (tertiary/aromatic N) is 6. The van der Waals surface area contributed by atoms with E-state index in [0.29, 0.717) is 5.95 Å². The van der Waals surface area contributed by atoms with Gasteiger partial charge in [-0.25, -0.2) is 14.0 Å². The molecular weight excluding hydrogens is 356 g/mol. The number of carbonyl (C=O) groups excluding carboxylic acids is 1. The third-order valence-electron chi connectivity index (χ3n) is 5.75. The van der Waals surface area contributed by atoms with Gasteiger partial charge in [0.15, 0.2) is 0 Å². The first-order valence-electron chi connectivity index (χ1n) is 10.1. The molecule has 0 N–H and O–H groups in total. The van der Waals surface area contributed by atoms with E-state index in [0.717, 1.165) is 75.4 Å². The number of aromatic nitrogens is 3. The van der Waals surface area contributed by atoms with E-state index >= 15 is 0 Å². The smallest absolute Gasteiger partial charge is 0.341 e. The summed E-state index contributed by atoms with van der Waals surface area (Å²) < 4.78 is 2.94. The van der Waals surface area contributed by atoms with Crippen molar-refractivity contribution >= 4 is 17.7 Å². The Balaban J connectivity index is 1.53. The molecule has 0 bridgehead atoms. The first-order valence-corrected chi connectivity index (χ1v) is 10.1. The Hall–Kier alpha value is -2.90. The van der Waals surface area contributed by atoms with Gasteiger partial charge in [-0.2, -0.15) is 0 Å². The summed E-state index contributed by atoms with van der Waals surface area (Å²) in [5.74, 6) is 1.40. The normalized spacial score (nSPS) is 18.6. The summed E-state index contributed by atoms with van der Waals surface area (Å²) in [6.07, 6.45) is 5.30. The maximum atomic E-state index is 13.2. The van der Waals surface area contributed by atoms with Crippen LogP contribution in [0, 0.1) is 0 Å². The number of para-hydroxylation sites is 1. The Labute approximate surface area is 163 Å². The van der Waals surface area contributed by atoms with Crippen molar-refractivity contribution in [2.75, 3.05) is 31.1 Å². The van der Waals surface area contributed by atoms with Gasteiger partial charge in [0.25, 0.3) is 0 Å². The molecule has 28 heavy (non-hydrogen) atoms. The number of aliphatic imine (C=N–C) groups is 1. The quantitative estimate of drug-likeness (QED) is 0.789. The summed E-state index contributed by atoms with van der Waals surface area (Å²) >= 11 is 0. The van der Waals surface area contributed by atoms with Crippen molar-refractivity contribution in [1.82, 2.24) is 19.2 Å². The first-order chi connectivity index (χ1) is 13.7. The van der Waals surface area contributed by atoms with Crippen LogP contribution in [0.25, 0.3) is 5.69 Å². The van der Waals surface area contributed by atoms with Gasteiger partial charge in [-0.1, -0.05) is 25.0 Å². The molecule has 2 aromatic rings. The van der Waals surface area contributed by atoms with Crippen molar-refractivity contribution in [1.29, 1.82) is 0 Å². The Bertz CT molecular complexity index is 996. The zero-order chi connectivity index (χ0) is 19.1. The molecule has 3 aliphatic rings. The molecule has 1 fully saturated rings. The van der Waals surface area contributed by atoms with Crippen LogP contribution in [-0.4, -0.2) is 57.2 Å². The number of amides is 1. The van der Waals surface area contributed by atoms with Crippen LogP contribution in [0.15, 0.2) is 34.1 Å². The van der Waals surface area contributed by atoms with Gasteiger partial charge in [0, 0.05) is 31.7 Å². The van der Waals surface area contributed by atoms with Gasteiger partial charge in [-0.05, 0) is 31.4 Å². The third kappa shape index (κ3) is 2.75. The zero-order valence-corrected chi connectivity index (χ0v) is 15.9. The fraction of sp³-hybridized carbons (Fsp3) is 0.500. The van der Waals surface area contributed by atoms with Crippen LogP contribution >= 0.6 is 0 Å². The minimum Gasteiger partial charge on any atom is -0.341 e. The lowest BCUT2D eigenvalue weighted by molar-refractivity contribution is -0.132. The fourth-order valence-electron chi connectivity index (χ4n) is 4.32. The maximum Gasteiger partial charge on any atom is 0.352 e. The molecule has 0 unspecified atom stereocenters. The number of rotatable bonds is 2. The highest BCUT2D eigenvalue weighted by Crippen LogP contribution is 2.29. The molecule has 1 aromatic carbocycles. The zero-order valence-electron chi connectivity index (χ0n) is 15.9. The molecule has 5 rings (SSSR count). The molecule has 0 aliphatic carbocycles. The average molecular weight is 380 g/mol. The van der Waals surface area contributed by atoms with Crippen LogP contribution in [0.3, 0.4) is 0 Å². The summed E-state index contributed by atoms with van der Waals surface area (Å²) in [6.45, 7) is 3.07. The van der Waals surface area contributed by atoms with Gasteiger partial charge in [-0.3, -0.25) is 14.7 Å². The summed E-state index contributed by atoms with van der Waals surface area (Å²) in [5, 5.41) is 4.56. The van der Waals surface area contributed by atoms with Crippen molar-refractivity contribution in [2.45, 2.75) is 38.6 Å². The van der Waals surface area contributed by atoms with Crippen LogP contribution < -0.4 is 10.6 Å². The Morgan fingerprint density at radius 3 is 2.61 bits per heavy atom. The summed E-state index contributed by atoms with van der Waals surface area (Å²) in [5.41, 5.74) is 1.46. The van der Waals surface area contributed by atoms with Crippen molar-refractivity contribution in [3.63, 3.8) is 0 Å². The van der Waals surface area contributed by atoms with E-state index in [-0.39, 0.29) is 18.1 Å². The highest BCUT2D eigenvalue weighted by Gasteiger charge is 2.33. The van der Waals surface area contributed by atoms with E-state index in [1.165, 1.54) is 4.68 Å².